The third kappa shape index (κ3) is 4.10. The van der Waals surface area contributed by atoms with Gasteiger partial charge in [-0.25, -0.2) is 9.98 Å². The monoisotopic (exact) mass is 342 g/mol. The summed E-state index contributed by atoms with van der Waals surface area (Å²) in [5.41, 5.74) is 2.26. The van der Waals surface area contributed by atoms with E-state index in [4.69, 9.17) is 5.26 Å². The van der Waals surface area contributed by atoms with E-state index in [1.54, 1.807) is 60.9 Å². The summed E-state index contributed by atoms with van der Waals surface area (Å²) in [5, 5.41) is 21.3. The predicted octanol–water partition coefficient (Wildman–Crippen LogP) is 3.66. The second-order valence-corrected chi connectivity index (χ2v) is 5.37. The Kier molecular flexibility index (Phi) is 5.01. The second-order valence-electron chi connectivity index (χ2n) is 5.37. The molecule has 2 aromatic carbocycles. The molecule has 1 heterocycles. The highest BCUT2D eigenvalue weighted by molar-refractivity contribution is 6.04. The number of nitrogens with zero attached hydrogens (tertiary/aromatic N) is 3. The third-order valence-corrected chi connectivity index (χ3v) is 3.52. The molecule has 0 unspecified atom stereocenters. The van der Waals surface area contributed by atoms with Gasteiger partial charge >= 0.3 is 0 Å². The number of hydrogen-bond acceptors (Lipinski definition) is 5. The first-order chi connectivity index (χ1) is 12.7. The summed E-state index contributed by atoms with van der Waals surface area (Å²) >= 11 is 0. The van der Waals surface area contributed by atoms with Crippen LogP contribution in [0.2, 0.25) is 0 Å². The molecule has 0 saturated carbocycles. The molecule has 6 heteroatoms. The molecule has 0 fully saturated rings. The summed E-state index contributed by atoms with van der Waals surface area (Å²) < 4.78 is 0. The molecule has 126 valence electrons. The van der Waals surface area contributed by atoms with E-state index in [2.05, 4.69) is 15.3 Å². The predicted molar refractivity (Wildman–Crippen MR) is 98.7 cm³/mol. The summed E-state index contributed by atoms with van der Waals surface area (Å²) in [7, 11) is 0. The molecule has 0 spiro atoms. The van der Waals surface area contributed by atoms with Gasteiger partial charge < -0.3 is 10.4 Å². The van der Waals surface area contributed by atoms with Crippen molar-refractivity contribution in [1.82, 2.24) is 4.98 Å². The molecule has 0 bridgehead atoms. The quantitative estimate of drug-likeness (QED) is 0.707. The van der Waals surface area contributed by atoms with Crippen molar-refractivity contribution in [2.24, 2.45) is 4.99 Å². The van der Waals surface area contributed by atoms with Crippen LogP contribution in [-0.4, -0.2) is 22.2 Å². The fourth-order valence-electron chi connectivity index (χ4n) is 2.21. The molecule has 3 rings (SSSR count). The number of hydrogen-bond donors (Lipinski definition) is 2. The van der Waals surface area contributed by atoms with Crippen molar-refractivity contribution in [3.05, 3.63) is 83.6 Å². The molecule has 26 heavy (non-hydrogen) atoms. The molecule has 2 N–H and O–H groups in total. The van der Waals surface area contributed by atoms with Crippen LogP contribution in [-0.2, 0) is 0 Å². The first-order valence-corrected chi connectivity index (χ1v) is 7.75. The lowest BCUT2D eigenvalue weighted by molar-refractivity contribution is 0.102. The van der Waals surface area contributed by atoms with E-state index in [0.717, 1.165) is 5.56 Å². The zero-order valence-corrected chi connectivity index (χ0v) is 13.6. The summed E-state index contributed by atoms with van der Waals surface area (Å²) in [6.07, 6.45) is 3.12. The number of rotatable bonds is 4. The van der Waals surface area contributed by atoms with Crippen LogP contribution >= 0.6 is 0 Å². The van der Waals surface area contributed by atoms with Crippen LogP contribution in [0.4, 0.5) is 11.5 Å². The highest BCUT2D eigenvalue weighted by Gasteiger charge is 2.06. The van der Waals surface area contributed by atoms with Crippen molar-refractivity contribution >= 4 is 23.6 Å². The van der Waals surface area contributed by atoms with Gasteiger partial charge in [0.15, 0.2) is 11.6 Å². The average Bonchev–Trinajstić information content (AvgIpc) is 2.68. The van der Waals surface area contributed by atoms with Gasteiger partial charge in [-0.2, -0.15) is 5.26 Å². The van der Waals surface area contributed by atoms with Crippen LogP contribution in [0.15, 0.2) is 71.9 Å². The Morgan fingerprint density at radius 2 is 1.96 bits per heavy atom. The van der Waals surface area contributed by atoms with Gasteiger partial charge in [-0.05, 0) is 48.0 Å². The van der Waals surface area contributed by atoms with Crippen LogP contribution in [0.3, 0.4) is 0 Å². The molecular weight excluding hydrogens is 328 g/mol. The van der Waals surface area contributed by atoms with Crippen molar-refractivity contribution in [2.75, 3.05) is 5.32 Å². The lowest BCUT2D eigenvalue weighted by Gasteiger charge is -2.06. The molecule has 1 amide bonds. The molecule has 0 radical (unpaired) electrons. The Morgan fingerprint density at radius 1 is 1.15 bits per heavy atom. The number of nitriles is 1. The van der Waals surface area contributed by atoms with Crippen molar-refractivity contribution < 1.29 is 9.90 Å². The standard InChI is InChI=1S/C20H14N4O2/c21-12-15-3-1-4-16(11-15)20(26)24-17-8-6-14(7-9-17)13-23-19-18(25)5-2-10-22-19/h1-11,13,25H,(H,24,26)/b23-13+. The van der Waals surface area contributed by atoms with E-state index in [1.807, 2.05) is 6.07 Å². The Labute approximate surface area is 150 Å². The molecule has 1 aromatic heterocycles. The normalized spacial score (nSPS) is 10.4. The van der Waals surface area contributed by atoms with Crippen LogP contribution in [0.5, 0.6) is 5.75 Å². The van der Waals surface area contributed by atoms with Crippen molar-refractivity contribution in [2.45, 2.75) is 0 Å². The first-order valence-electron chi connectivity index (χ1n) is 7.75. The largest absolute Gasteiger partial charge is 0.504 e. The Hall–Kier alpha value is -3.98. The first kappa shape index (κ1) is 16.9. The van der Waals surface area contributed by atoms with Gasteiger partial charge in [0.1, 0.15) is 0 Å². The molecule has 0 saturated heterocycles. The van der Waals surface area contributed by atoms with E-state index in [0.29, 0.717) is 16.8 Å². The molecule has 0 atom stereocenters. The van der Waals surface area contributed by atoms with Crippen LogP contribution in [0.25, 0.3) is 0 Å². The number of carbonyl (C=O) groups is 1. The topological polar surface area (TPSA) is 98.4 Å². The molecular formula is C20H14N4O2. The minimum absolute atomic E-state index is 0.00670. The lowest BCUT2D eigenvalue weighted by Crippen LogP contribution is -2.11. The van der Waals surface area contributed by atoms with Gasteiger partial charge in [-0.15, -0.1) is 0 Å². The molecule has 0 aliphatic rings. The summed E-state index contributed by atoms with van der Waals surface area (Å²) in [6.45, 7) is 0. The van der Waals surface area contributed by atoms with Gasteiger partial charge in [-0.1, -0.05) is 18.2 Å². The van der Waals surface area contributed by atoms with Crippen LogP contribution in [0.1, 0.15) is 21.5 Å². The van der Waals surface area contributed by atoms with Gasteiger partial charge in [0.25, 0.3) is 5.91 Å². The highest BCUT2D eigenvalue weighted by Crippen LogP contribution is 2.21. The number of carbonyl (C=O) groups excluding carboxylic acids is 1. The number of anilines is 1. The molecule has 0 aliphatic carbocycles. The van der Waals surface area contributed by atoms with E-state index in [1.165, 1.54) is 12.1 Å². The van der Waals surface area contributed by atoms with Gasteiger partial charge in [0.2, 0.25) is 0 Å². The summed E-state index contributed by atoms with van der Waals surface area (Å²) in [4.78, 5) is 20.3. The maximum atomic E-state index is 12.2. The van der Waals surface area contributed by atoms with E-state index in [-0.39, 0.29) is 17.5 Å². The van der Waals surface area contributed by atoms with Gasteiger partial charge in [0.05, 0.1) is 11.6 Å². The number of aromatic hydroxyl groups is 1. The zero-order valence-electron chi connectivity index (χ0n) is 13.6. The van der Waals surface area contributed by atoms with Gasteiger partial charge in [0, 0.05) is 23.7 Å². The van der Waals surface area contributed by atoms with E-state index >= 15 is 0 Å². The minimum Gasteiger partial charge on any atom is -0.504 e. The number of benzene rings is 2. The molecule has 6 nitrogen and oxygen atoms in total. The SMILES string of the molecule is N#Cc1cccc(C(=O)Nc2ccc(/C=N/c3ncccc3O)cc2)c1. The van der Waals surface area contributed by atoms with Crippen molar-refractivity contribution in [3.8, 4) is 11.8 Å². The number of nitrogens with one attached hydrogen (secondary N) is 1. The smallest absolute Gasteiger partial charge is 0.255 e. The van der Waals surface area contributed by atoms with Crippen molar-refractivity contribution in [3.63, 3.8) is 0 Å². The van der Waals surface area contributed by atoms with Gasteiger partial charge in [-0.3, -0.25) is 4.79 Å². The van der Waals surface area contributed by atoms with E-state index < -0.39 is 0 Å². The van der Waals surface area contributed by atoms with Crippen molar-refractivity contribution in [1.29, 1.82) is 5.26 Å². The molecule has 3 aromatic rings. The zero-order chi connectivity index (χ0) is 18.4. The number of pyridine rings is 1. The van der Waals surface area contributed by atoms with Crippen LogP contribution < -0.4 is 5.32 Å². The summed E-state index contributed by atoms with van der Waals surface area (Å²) in [6, 6.07) is 18.7. The van der Waals surface area contributed by atoms with E-state index in [9.17, 15) is 9.90 Å². The summed E-state index contributed by atoms with van der Waals surface area (Å²) in [5.74, 6) is -0.0450. The number of aromatic nitrogens is 1. The number of aliphatic imine (C=N–C) groups is 1. The lowest BCUT2D eigenvalue weighted by atomic mass is 10.1. The maximum Gasteiger partial charge on any atom is 0.255 e. The Balaban J connectivity index is 1.69. The van der Waals surface area contributed by atoms with Crippen LogP contribution in [0, 0.1) is 11.3 Å². The Bertz CT molecular complexity index is 1000. The third-order valence-electron chi connectivity index (χ3n) is 3.52. The maximum absolute atomic E-state index is 12.2. The average molecular weight is 342 g/mol. The highest BCUT2D eigenvalue weighted by atomic mass is 16.3. The fourth-order valence-corrected chi connectivity index (χ4v) is 2.21. The minimum atomic E-state index is -0.290. The second kappa shape index (κ2) is 7.73. The molecule has 0 aliphatic heterocycles. The Morgan fingerprint density at radius 3 is 2.69 bits per heavy atom. The fraction of sp³-hybridized carbons (Fsp3) is 0. The number of amides is 1.